The van der Waals surface area contributed by atoms with Gasteiger partial charge in [-0.2, -0.15) is 0 Å². The number of pyridine rings is 2. The lowest BCUT2D eigenvalue weighted by Crippen LogP contribution is -2.24. The summed E-state index contributed by atoms with van der Waals surface area (Å²) < 4.78 is 0. The zero-order valence-electron chi connectivity index (χ0n) is 16.6. The molecule has 0 saturated heterocycles. The second-order valence-electron chi connectivity index (χ2n) is 6.58. The van der Waals surface area contributed by atoms with Crippen molar-refractivity contribution in [2.24, 2.45) is 0 Å². The minimum absolute atomic E-state index is 0.285. The summed E-state index contributed by atoms with van der Waals surface area (Å²) in [6, 6.07) is 13.1. The van der Waals surface area contributed by atoms with Gasteiger partial charge in [0.25, 0.3) is 11.8 Å². The molecule has 0 atom stereocenters. The van der Waals surface area contributed by atoms with E-state index in [1.165, 1.54) is 12.4 Å². The summed E-state index contributed by atoms with van der Waals surface area (Å²) in [6.07, 6.45) is 6.22. The molecule has 0 bridgehead atoms. The van der Waals surface area contributed by atoms with Crippen molar-refractivity contribution in [2.45, 2.75) is 33.2 Å². The molecule has 6 nitrogen and oxygen atoms in total. The number of amides is 2. The molecular weight excluding hydrogens is 364 g/mol. The molecule has 1 aromatic carbocycles. The van der Waals surface area contributed by atoms with E-state index in [1.807, 2.05) is 36.4 Å². The Kier molecular flexibility index (Phi) is 6.68. The van der Waals surface area contributed by atoms with Gasteiger partial charge in [0, 0.05) is 24.3 Å². The lowest BCUT2D eigenvalue weighted by Gasteiger charge is -2.14. The van der Waals surface area contributed by atoms with Crippen LogP contribution in [0.2, 0.25) is 0 Å². The number of rotatable bonds is 7. The highest BCUT2D eigenvalue weighted by molar-refractivity contribution is 6.06. The lowest BCUT2D eigenvalue weighted by molar-refractivity contribution is 0.0950. The summed E-state index contributed by atoms with van der Waals surface area (Å²) in [7, 11) is 0. The molecule has 2 N–H and O–H groups in total. The van der Waals surface area contributed by atoms with Crippen molar-refractivity contribution in [3.05, 3.63) is 89.0 Å². The number of carbonyl (C=O) groups excluding carboxylic acids is 2. The van der Waals surface area contributed by atoms with Crippen LogP contribution in [-0.4, -0.2) is 21.8 Å². The van der Waals surface area contributed by atoms with Gasteiger partial charge in [-0.3, -0.25) is 19.6 Å². The summed E-state index contributed by atoms with van der Waals surface area (Å²) in [4.78, 5) is 33.5. The van der Waals surface area contributed by atoms with Crippen molar-refractivity contribution >= 4 is 17.5 Å². The van der Waals surface area contributed by atoms with E-state index in [-0.39, 0.29) is 11.8 Å². The molecular formula is C23H24N4O2. The highest BCUT2D eigenvalue weighted by atomic mass is 16.2. The van der Waals surface area contributed by atoms with Gasteiger partial charge in [-0.1, -0.05) is 38.1 Å². The second-order valence-corrected chi connectivity index (χ2v) is 6.58. The fraction of sp³-hybridized carbons (Fsp3) is 0.217. The van der Waals surface area contributed by atoms with E-state index in [1.54, 1.807) is 12.3 Å². The Morgan fingerprint density at radius 2 is 1.59 bits per heavy atom. The molecule has 3 rings (SSSR count). The van der Waals surface area contributed by atoms with Gasteiger partial charge in [0.05, 0.1) is 23.4 Å². The standard InChI is InChI=1S/C23H24N4O2/c1-3-16-8-7-9-17(4-2)21(16)27-23(29)19-12-18(13-24-14-19)22(28)26-15-20-10-5-6-11-25-20/h5-14H,3-4,15H2,1-2H3,(H,26,28)(H,27,29). The van der Waals surface area contributed by atoms with Gasteiger partial charge in [-0.15, -0.1) is 0 Å². The van der Waals surface area contributed by atoms with Gasteiger partial charge in [0.2, 0.25) is 0 Å². The third kappa shape index (κ3) is 5.04. The van der Waals surface area contributed by atoms with Crippen LogP contribution in [0, 0.1) is 0 Å². The van der Waals surface area contributed by atoms with Crippen LogP contribution in [0.1, 0.15) is 51.4 Å². The molecule has 6 heteroatoms. The Hall–Kier alpha value is -3.54. The van der Waals surface area contributed by atoms with Crippen LogP contribution in [0.3, 0.4) is 0 Å². The van der Waals surface area contributed by atoms with Crippen molar-refractivity contribution in [1.82, 2.24) is 15.3 Å². The average molecular weight is 388 g/mol. The quantitative estimate of drug-likeness (QED) is 0.645. The number of hydrogen-bond donors (Lipinski definition) is 2. The molecule has 2 amide bonds. The summed E-state index contributed by atoms with van der Waals surface area (Å²) in [5.41, 5.74) is 4.42. The van der Waals surface area contributed by atoms with Crippen molar-refractivity contribution in [1.29, 1.82) is 0 Å². The maximum atomic E-state index is 12.8. The van der Waals surface area contributed by atoms with Crippen LogP contribution < -0.4 is 10.6 Å². The third-order valence-electron chi connectivity index (χ3n) is 4.66. The number of nitrogens with zero attached hydrogens (tertiary/aromatic N) is 2. The monoisotopic (exact) mass is 388 g/mol. The molecule has 0 aliphatic rings. The minimum atomic E-state index is -0.305. The second kappa shape index (κ2) is 9.59. The summed E-state index contributed by atoms with van der Waals surface area (Å²) in [5, 5.41) is 5.80. The van der Waals surface area contributed by atoms with E-state index in [4.69, 9.17) is 0 Å². The molecule has 2 aromatic heterocycles. The Morgan fingerprint density at radius 1 is 0.897 bits per heavy atom. The van der Waals surface area contributed by atoms with Gasteiger partial charge in [0.15, 0.2) is 0 Å². The Morgan fingerprint density at radius 3 is 2.21 bits per heavy atom. The van der Waals surface area contributed by atoms with Crippen LogP contribution in [0.25, 0.3) is 0 Å². The molecule has 0 spiro atoms. The molecule has 0 unspecified atom stereocenters. The van der Waals surface area contributed by atoms with Crippen LogP contribution in [0.15, 0.2) is 61.1 Å². The number of nitrogens with one attached hydrogen (secondary N) is 2. The molecule has 0 saturated carbocycles. The first-order valence-corrected chi connectivity index (χ1v) is 9.67. The van der Waals surface area contributed by atoms with E-state index < -0.39 is 0 Å². The fourth-order valence-corrected chi connectivity index (χ4v) is 3.05. The predicted molar refractivity (Wildman–Crippen MR) is 113 cm³/mol. The molecule has 0 aliphatic carbocycles. The highest BCUT2D eigenvalue weighted by Gasteiger charge is 2.14. The van der Waals surface area contributed by atoms with Crippen LogP contribution in [0.4, 0.5) is 5.69 Å². The molecule has 0 fully saturated rings. The zero-order valence-corrected chi connectivity index (χ0v) is 16.6. The van der Waals surface area contributed by atoms with E-state index in [9.17, 15) is 9.59 Å². The van der Waals surface area contributed by atoms with Crippen molar-refractivity contribution < 1.29 is 9.59 Å². The summed E-state index contributed by atoms with van der Waals surface area (Å²) >= 11 is 0. The van der Waals surface area contributed by atoms with E-state index in [2.05, 4.69) is 34.4 Å². The highest BCUT2D eigenvalue weighted by Crippen LogP contribution is 2.23. The number of benzene rings is 1. The summed E-state index contributed by atoms with van der Waals surface area (Å²) in [6.45, 7) is 4.41. The van der Waals surface area contributed by atoms with Gasteiger partial charge in [0.1, 0.15) is 0 Å². The lowest BCUT2D eigenvalue weighted by atomic mass is 10.0. The number of para-hydroxylation sites is 1. The zero-order chi connectivity index (χ0) is 20.6. The SMILES string of the molecule is CCc1cccc(CC)c1NC(=O)c1cncc(C(=O)NCc2ccccn2)c1. The Balaban J connectivity index is 1.74. The average Bonchev–Trinajstić information content (AvgIpc) is 2.78. The fourth-order valence-electron chi connectivity index (χ4n) is 3.05. The van der Waals surface area contributed by atoms with Gasteiger partial charge >= 0.3 is 0 Å². The van der Waals surface area contributed by atoms with E-state index >= 15 is 0 Å². The molecule has 29 heavy (non-hydrogen) atoms. The Bertz CT molecular complexity index is 981. The van der Waals surface area contributed by atoms with E-state index in [0.717, 1.165) is 35.3 Å². The first-order chi connectivity index (χ1) is 14.1. The van der Waals surface area contributed by atoms with Gasteiger partial charge in [-0.25, -0.2) is 0 Å². The molecule has 148 valence electrons. The van der Waals surface area contributed by atoms with Crippen LogP contribution in [0.5, 0.6) is 0 Å². The minimum Gasteiger partial charge on any atom is -0.346 e. The molecule has 3 aromatic rings. The Labute approximate surface area is 170 Å². The maximum absolute atomic E-state index is 12.8. The van der Waals surface area contributed by atoms with Crippen molar-refractivity contribution in [3.8, 4) is 0 Å². The van der Waals surface area contributed by atoms with Gasteiger partial charge in [-0.05, 0) is 42.2 Å². The number of aromatic nitrogens is 2. The topological polar surface area (TPSA) is 84.0 Å². The predicted octanol–water partition coefficient (Wildman–Crippen LogP) is 3.78. The van der Waals surface area contributed by atoms with Crippen LogP contribution >= 0.6 is 0 Å². The first kappa shape index (κ1) is 20.2. The molecule has 0 radical (unpaired) electrons. The number of anilines is 1. The number of aryl methyl sites for hydroxylation is 2. The van der Waals surface area contributed by atoms with E-state index in [0.29, 0.717) is 17.7 Å². The number of hydrogen-bond acceptors (Lipinski definition) is 4. The van der Waals surface area contributed by atoms with Gasteiger partial charge < -0.3 is 10.6 Å². The largest absolute Gasteiger partial charge is 0.346 e. The summed E-state index contributed by atoms with van der Waals surface area (Å²) in [5.74, 6) is -0.589. The third-order valence-corrected chi connectivity index (χ3v) is 4.66. The molecule has 2 heterocycles. The van der Waals surface area contributed by atoms with Crippen molar-refractivity contribution in [3.63, 3.8) is 0 Å². The molecule has 0 aliphatic heterocycles. The van der Waals surface area contributed by atoms with Crippen molar-refractivity contribution in [2.75, 3.05) is 5.32 Å². The van der Waals surface area contributed by atoms with Crippen LogP contribution in [-0.2, 0) is 19.4 Å². The maximum Gasteiger partial charge on any atom is 0.257 e. The first-order valence-electron chi connectivity index (χ1n) is 9.67. The number of carbonyl (C=O) groups is 2. The normalized spacial score (nSPS) is 10.4. The smallest absolute Gasteiger partial charge is 0.257 e.